The Morgan fingerprint density at radius 2 is 1.45 bits per heavy atom. The first-order chi connectivity index (χ1) is 16.0. The molecule has 0 unspecified atom stereocenters. The molecule has 0 spiro atoms. The number of halogens is 1. The van der Waals surface area contributed by atoms with Crippen molar-refractivity contribution < 1.29 is 23.9 Å². The number of carbonyl (C=O) groups is 3. The van der Waals surface area contributed by atoms with Crippen molar-refractivity contribution in [1.29, 1.82) is 0 Å². The average Bonchev–Trinajstić information content (AvgIpc) is 2.84. The normalized spacial score (nSPS) is 10.2. The molecule has 0 radical (unpaired) electrons. The fourth-order valence-corrected chi connectivity index (χ4v) is 3.15. The van der Waals surface area contributed by atoms with Gasteiger partial charge in [0.2, 0.25) is 0 Å². The van der Waals surface area contributed by atoms with E-state index in [1.165, 1.54) is 0 Å². The minimum absolute atomic E-state index is 0.250. The van der Waals surface area contributed by atoms with E-state index in [9.17, 15) is 14.4 Å². The summed E-state index contributed by atoms with van der Waals surface area (Å²) in [6.45, 7) is 0.646. The van der Waals surface area contributed by atoms with Crippen LogP contribution in [0.2, 0.25) is 0 Å². The molecule has 33 heavy (non-hydrogen) atoms. The van der Waals surface area contributed by atoms with Gasteiger partial charge in [-0.2, -0.15) is 0 Å². The fraction of sp³-hybridized carbons (Fsp3) is 0.125. The van der Waals surface area contributed by atoms with Crippen molar-refractivity contribution in [3.8, 4) is 5.75 Å². The van der Waals surface area contributed by atoms with Crippen LogP contribution in [0.15, 0.2) is 77.3 Å². The Balaban J connectivity index is 1.58. The maximum atomic E-state index is 12.6. The maximum Gasteiger partial charge on any atom is 0.273 e. The van der Waals surface area contributed by atoms with Crippen molar-refractivity contribution in [2.45, 2.75) is 0 Å². The van der Waals surface area contributed by atoms with Crippen LogP contribution in [0.3, 0.4) is 0 Å². The molecule has 0 bridgehead atoms. The highest BCUT2D eigenvalue weighted by molar-refractivity contribution is 9.10. The van der Waals surface area contributed by atoms with Crippen molar-refractivity contribution in [2.24, 2.45) is 0 Å². The summed E-state index contributed by atoms with van der Waals surface area (Å²) < 4.78 is 11.2. The molecule has 170 valence electrons. The fourth-order valence-electron chi connectivity index (χ4n) is 2.79. The van der Waals surface area contributed by atoms with Crippen LogP contribution < -0.4 is 20.9 Å². The third-order valence-corrected chi connectivity index (χ3v) is 4.96. The highest BCUT2D eigenvalue weighted by Gasteiger charge is 2.15. The summed E-state index contributed by atoms with van der Waals surface area (Å²) in [6, 6.07) is 20.1. The van der Waals surface area contributed by atoms with Gasteiger partial charge in [-0.15, -0.1) is 0 Å². The largest absolute Gasteiger partial charge is 0.490 e. The van der Waals surface area contributed by atoms with E-state index in [1.54, 1.807) is 73.8 Å². The summed E-state index contributed by atoms with van der Waals surface area (Å²) in [6.07, 6.45) is 0. The molecular weight excluding hydrogens is 490 g/mol. The molecule has 3 rings (SSSR count). The first-order valence-electron chi connectivity index (χ1n) is 9.96. The molecule has 3 aromatic carbocycles. The standard InChI is InChI=1S/C24H22BrN3O5/c1-32-13-14-33-21-12-9-18(25)15-20(21)24(31)28-27-23(30)17-7-10-19(11-8-17)26-22(29)16-5-3-2-4-6-16/h2-12,15H,13-14H2,1H3,(H,26,29)(H,27,30)(H,28,31). The molecular formula is C24H22BrN3O5. The van der Waals surface area contributed by atoms with Crippen LogP contribution in [0.4, 0.5) is 5.69 Å². The van der Waals surface area contributed by atoms with Crippen LogP contribution in [0.1, 0.15) is 31.1 Å². The van der Waals surface area contributed by atoms with Gasteiger partial charge in [-0.25, -0.2) is 0 Å². The molecule has 0 heterocycles. The van der Waals surface area contributed by atoms with Crippen LogP contribution in [-0.2, 0) is 4.74 Å². The lowest BCUT2D eigenvalue weighted by Crippen LogP contribution is -2.41. The monoisotopic (exact) mass is 511 g/mol. The Morgan fingerprint density at radius 3 is 2.15 bits per heavy atom. The minimum atomic E-state index is -0.538. The number of hydrogen-bond acceptors (Lipinski definition) is 5. The highest BCUT2D eigenvalue weighted by Crippen LogP contribution is 2.23. The van der Waals surface area contributed by atoms with Gasteiger partial charge in [-0.1, -0.05) is 34.1 Å². The van der Waals surface area contributed by atoms with Gasteiger partial charge in [0.05, 0.1) is 12.2 Å². The lowest BCUT2D eigenvalue weighted by molar-refractivity contribution is 0.0842. The van der Waals surface area contributed by atoms with E-state index in [-0.39, 0.29) is 18.1 Å². The van der Waals surface area contributed by atoms with Crippen LogP contribution in [-0.4, -0.2) is 38.0 Å². The number of ether oxygens (including phenoxy) is 2. The van der Waals surface area contributed by atoms with Crippen molar-refractivity contribution >= 4 is 39.3 Å². The van der Waals surface area contributed by atoms with Gasteiger partial charge in [0.25, 0.3) is 17.7 Å². The SMILES string of the molecule is COCCOc1ccc(Br)cc1C(=O)NNC(=O)c1ccc(NC(=O)c2ccccc2)cc1. The number of anilines is 1. The topological polar surface area (TPSA) is 106 Å². The molecule has 0 saturated heterocycles. The second kappa shape index (κ2) is 11.8. The van der Waals surface area contributed by atoms with Gasteiger partial charge >= 0.3 is 0 Å². The number of nitrogens with one attached hydrogen (secondary N) is 3. The summed E-state index contributed by atoms with van der Waals surface area (Å²) in [5.41, 5.74) is 6.38. The van der Waals surface area contributed by atoms with Crippen LogP contribution in [0, 0.1) is 0 Å². The number of rotatable bonds is 8. The van der Waals surface area contributed by atoms with Crippen molar-refractivity contribution in [2.75, 3.05) is 25.6 Å². The molecule has 9 heteroatoms. The van der Waals surface area contributed by atoms with Crippen molar-refractivity contribution in [1.82, 2.24) is 10.9 Å². The number of hydrazine groups is 1. The lowest BCUT2D eigenvalue weighted by atomic mass is 10.1. The molecule has 0 aliphatic heterocycles. The molecule has 3 amide bonds. The number of hydrogen-bond donors (Lipinski definition) is 3. The van der Waals surface area contributed by atoms with Gasteiger partial charge in [-0.05, 0) is 54.6 Å². The smallest absolute Gasteiger partial charge is 0.273 e. The average molecular weight is 512 g/mol. The summed E-state index contributed by atoms with van der Waals surface area (Å²) in [5, 5.41) is 2.76. The molecule has 8 nitrogen and oxygen atoms in total. The van der Waals surface area contributed by atoms with E-state index in [4.69, 9.17) is 9.47 Å². The molecule has 0 fully saturated rings. The molecule has 0 aromatic heterocycles. The third-order valence-electron chi connectivity index (χ3n) is 4.46. The Labute approximate surface area is 199 Å². The minimum Gasteiger partial charge on any atom is -0.490 e. The zero-order valence-corrected chi connectivity index (χ0v) is 19.3. The molecule has 0 atom stereocenters. The summed E-state index contributed by atoms with van der Waals surface area (Å²) in [5.74, 6) is -0.942. The first-order valence-corrected chi connectivity index (χ1v) is 10.8. The first kappa shape index (κ1) is 24.0. The molecule has 0 saturated carbocycles. The number of amides is 3. The highest BCUT2D eigenvalue weighted by atomic mass is 79.9. The van der Waals surface area contributed by atoms with E-state index < -0.39 is 11.8 Å². The van der Waals surface area contributed by atoms with E-state index in [0.29, 0.717) is 33.6 Å². The van der Waals surface area contributed by atoms with Crippen LogP contribution in [0.5, 0.6) is 5.75 Å². The molecule has 0 aliphatic carbocycles. The number of methoxy groups -OCH3 is 1. The molecule has 3 N–H and O–H groups in total. The van der Waals surface area contributed by atoms with Gasteiger partial charge in [0, 0.05) is 28.4 Å². The Hall–Kier alpha value is -3.69. The van der Waals surface area contributed by atoms with Gasteiger partial charge < -0.3 is 14.8 Å². The summed E-state index contributed by atoms with van der Waals surface area (Å²) in [4.78, 5) is 37.2. The molecule has 3 aromatic rings. The second-order valence-corrected chi connectivity index (χ2v) is 7.70. The lowest BCUT2D eigenvalue weighted by Gasteiger charge is -2.13. The summed E-state index contributed by atoms with van der Waals surface area (Å²) >= 11 is 3.32. The maximum absolute atomic E-state index is 12.6. The second-order valence-electron chi connectivity index (χ2n) is 6.79. The van der Waals surface area contributed by atoms with E-state index in [0.717, 1.165) is 0 Å². The van der Waals surface area contributed by atoms with Crippen molar-refractivity contribution in [3.63, 3.8) is 0 Å². The number of benzene rings is 3. The quantitative estimate of drug-likeness (QED) is 0.315. The van der Waals surface area contributed by atoms with Crippen molar-refractivity contribution in [3.05, 3.63) is 94.0 Å². The van der Waals surface area contributed by atoms with E-state index >= 15 is 0 Å². The predicted molar refractivity (Wildman–Crippen MR) is 127 cm³/mol. The number of carbonyl (C=O) groups excluding carboxylic acids is 3. The van der Waals surface area contributed by atoms with Gasteiger partial charge in [-0.3, -0.25) is 25.2 Å². The van der Waals surface area contributed by atoms with E-state index in [2.05, 4.69) is 32.1 Å². The third kappa shape index (κ3) is 6.90. The zero-order valence-electron chi connectivity index (χ0n) is 17.8. The van der Waals surface area contributed by atoms with Gasteiger partial charge in [0.1, 0.15) is 12.4 Å². The van der Waals surface area contributed by atoms with Gasteiger partial charge in [0.15, 0.2) is 0 Å². The zero-order chi connectivity index (χ0) is 23.6. The molecule has 0 aliphatic rings. The van der Waals surface area contributed by atoms with Crippen LogP contribution in [0.25, 0.3) is 0 Å². The Morgan fingerprint density at radius 1 is 0.788 bits per heavy atom. The summed E-state index contributed by atoms with van der Waals surface area (Å²) in [7, 11) is 1.55. The Bertz CT molecular complexity index is 1120. The Kier molecular flexibility index (Phi) is 8.56. The predicted octanol–water partition coefficient (Wildman–Crippen LogP) is 3.80. The van der Waals surface area contributed by atoms with Crippen LogP contribution >= 0.6 is 15.9 Å². The van der Waals surface area contributed by atoms with E-state index in [1.807, 2.05) is 6.07 Å².